The lowest BCUT2D eigenvalue weighted by atomic mass is 9.82. The highest BCUT2D eigenvalue weighted by Crippen LogP contribution is 2.27. The van der Waals surface area contributed by atoms with Crippen molar-refractivity contribution in [3.05, 3.63) is 65.7 Å². The molecule has 6 heteroatoms. The highest BCUT2D eigenvalue weighted by atomic mass is 16.4. The molecule has 0 aromatic heterocycles. The van der Waals surface area contributed by atoms with E-state index in [2.05, 4.69) is 10.6 Å². The molecule has 2 aromatic carbocycles. The largest absolute Gasteiger partial charge is 0.481 e. The lowest BCUT2D eigenvalue weighted by Gasteiger charge is -2.29. The minimum atomic E-state index is -0.871. The molecule has 1 aliphatic carbocycles. The molecule has 0 bridgehead atoms. The number of carboxylic acids is 1. The molecule has 2 aromatic rings. The van der Waals surface area contributed by atoms with Gasteiger partial charge in [0.25, 0.3) is 0 Å². The molecule has 0 spiro atoms. The molecule has 0 aliphatic heterocycles. The van der Waals surface area contributed by atoms with Crippen LogP contribution in [0.25, 0.3) is 0 Å². The van der Waals surface area contributed by atoms with Crippen molar-refractivity contribution >= 4 is 17.6 Å². The number of amides is 1. The van der Waals surface area contributed by atoms with Crippen LogP contribution >= 0.6 is 0 Å². The number of nitrogens with one attached hydrogen (secondary N) is 2. The van der Waals surface area contributed by atoms with Crippen LogP contribution in [0.3, 0.4) is 0 Å². The Labute approximate surface area is 184 Å². The molecule has 1 saturated carbocycles. The number of aliphatic carboxylic acids is 1. The van der Waals surface area contributed by atoms with Gasteiger partial charge in [0.05, 0.1) is 12.5 Å². The SMILES string of the molecule is NCC1CCC(CNC(Cc2ccccc2)C(=O)Nc2ccc(CC(=O)O)cc2)CC1. The van der Waals surface area contributed by atoms with E-state index in [0.29, 0.717) is 29.5 Å². The molecule has 5 N–H and O–H groups in total. The minimum Gasteiger partial charge on any atom is -0.481 e. The summed E-state index contributed by atoms with van der Waals surface area (Å²) >= 11 is 0. The van der Waals surface area contributed by atoms with E-state index < -0.39 is 5.97 Å². The highest BCUT2D eigenvalue weighted by molar-refractivity contribution is 5.95. The van der Waals surface area contributed by atoms with Gasteiger partial charge in [-0.05, 0) is 80.3 Å². The summed E-state index contributed by atoms with van der Waals surface area (Å²) in [5.74, 6) is 0.267. The zero-order chi connectivity index (χ0) is 22.1. The summed E-state index contributed by atoms with van der Waals surface area (Å²) in [6, 6.07) is 16.7. The van der Waals surface area contributed by atoms with E-state index >= 15 is 0 Å². The summed E-state index contributed by atoms with van der Waals surface area (Å²) in [5.41, 5.74) is 8.29. The fourth-order valence-corrected chi connectivity index (χ4v) is 4.20. The maximum Gasteiger partial charge on any atom is 0.307 e. The third kappa shape index (κ3) is 7.49. The monoisotopic (exact) mass is 423 g/mol. The molecule has 1 amide bonds. The van der Waals surface area contributed by atoms with Crippen molar-refractivity contribution < 1.29 is 14.7 Å². The van der Waals surface area contributed by atoms with Crippen LogP contribution < -0.4 is 16.4 Å². The molecule has 0 heterocycles. The average molecular weight is 424 g/mol. The van der Waals surface area contributed by atoms with Crippen LogP contribution in [0.2, 0.25) is 0 Å². The normalized spacial score (nSPS) is 19.5. The predicted molar refractivity (Wildman–Crippen MR) is 123 cm³/mol. The molecule has 6 nitrogen and oxygen atoms in total. The maximum absolute atomic E-state index is 13.1. The molecular formula is C25H33N3O3. The molecular weight excluding hydrogens is 390 g/mol. The van der Waals surface area contributed by atoms with Crippen molar-refractivity contribution in [1.29, 1.82) is 0 Å². The van der Waals surface area contributed by atoms with E-state index in [9.17, 15) is 9.59 Å². The van der Waals surface area contributed by atoms with Crippen molar-refractivity contribution in [1.82, 2.24) is 5.32 Å². The fourth-order valence-electron chi connectivity index (χ4n) is 4.20. The number of benzene rings is 2. The van der Waals surface area contributed by atoms with E-state index in [-0.39, 0.29) is 18.4 Å². The number of rotatable bonds is 10. The Balaban J connectivity index is 1.61. The molecule has 1 atom stereocenters. The number of carboxylic acid groups (broad SMARTS) is 1. The molecule has 1 aliphatic rings. The van der Waals surface area contributed by atoms with E-state index in [0.717, 1.165) is 31.5 Å². The summed E-state index contributed by atoms with van der Waals surface area (Å²) in [6.45, 7) is 1.59. The van der Waals surface area contributed by atoms with Crippen LogP contribution in [0.4, 0.5) is 5.69 Å². The Morgan fingerprint density at radius 1 is 0.935 bits per heavy atom. The smallest absolute Gasteiger partial charge is 0.307 e. The van der Waals surface area contributed by atoms with E-state index in [1.54, 1.807) is 24.3 Å². The van der Waals surface area contributed by atoms with Gasteiger partial charge in [0.2, 0.25) is 5.91 Å². The number of nitrogens with two attached hydrogens (primary N) is 1. The first-order chi connectivity index (χ1) is 15.0. The number of hydrogen-bond donors (Lipinski definition) is 4. The maximum atomic E-state index is 13.1. The second kappa shape index (κ2) is 11.6. The van der Waals surface area contributed by atoms with Crippen LogP contribution in [0.1, 0.15) is 36.8 Å². The Morgan fingerprint density at radius 2 is 1.58 bits per heavy atom. The standard InChI is InChI=1S/C25H33N3O3/c26-16-20-6-8-21(9-7-20)17-27-23(14-18-4-2-1-3-5-18)25(31)28-22-12-10-19(11-13-22)15-24(29)30/h1-5,10-13,20-21,23,27H,6-9,14-17,26H2,(H,28,31)(H,29,30). The molecule has 1 unspecified atom stereocenters. The average Bonchev–Trinajstić information content (AvgIpc) is 2.78. The van der Waals surface area contributed by atoms with Gasteiger partial charge in [-0.3, -0.25) is 9.59 Å². The van der Waals surface area contributed by atoms with E-state index in [1.165, 1.54) is 12.8 Å². The van der Waals surface area contributed by atoms with Crippen LogP contribution in [0, 0.1) is 11.8 Å². The van der Waals surface area contributed by atoms with Crippen molar-refractivity contribution in [2.75, 3.05) is 18.4 Å². The first kappa shape index (κ1) is 23.0. The first-order valence-electron chi connectivity index (χ1n) is 11.1. The predicted octanol–water partition coefficient (Wildman–Crippen LogP) is 3.22. The van der Waals surface area contributed by atoms with Crippen molar-refractivity contribution in [3.63, 3.8) is 0 Å². The summed E-state index contributed by atoms with van der Waals surface area (Å²) in [4.78, 5) is 23.9. The Bertz CT molecular complexity index is 831. The fraction of sp³-hybridized carbons (Fsp3) is 0.440. The molecule has 166 valence electrons. The molecule has 0 radical (unpaired) electrons. The third-order valence-corrected chi connectivity index (χ3v) is 6.13. The molecule has 3 rings (SSSR count). The topological polar surface area (TPSA) is 104 Å². The van der Waals surface area contributed by atoms with Gasteiger partial charge in [-0.25, -0.2) is 0 Å². The number of carbonyl (C=O) groups excluding carboxylic acids is 1. The number of hydrogen-bond acceptors (Lipinski definition) is 4. The summed E-state index contributed by atoms with van der Waals surface area (Å²) in [5, 5.41) is 15.4. The third-order valence-electron chi connectivity index (χ3n) is 6.13. The molecule has 0 saturated heterocycles. The van der Waals surface area contributed by atoms with E-state index in [4.69, 9.17) is 10.8 Å². The Kier molecular flexibility index (Phi) is 8.62. The van der Waals surface area contributed by atoms with Gasteiger partial charge in [-0.2, -0.15) is 0 Å². The van der Waals surface area contributed by atoms with Gasteiger partial charge in [0.15, 0.2) is 0 Å². The summed E-state index contributed by atoms with van der Waals surface area (Å²) in [6.07, 6.45) is 5.22. The van der Waals surface area contributed by atoms with Crippen molar-refractivity contribution in [3.8, 4) is 0 Å². The molecule has 1 fully saturated rings. The van der Waals surface area contributed by atoms with Gasteiger partial charge >= 0.3 is 5.97 Å². The van der Waals surface area contributed by atoms with Gasteiger partial charge in [-0.15, -0.1) is 0 Å². The van der Waals surface area contributed by atoms with Crippen LogP contribution in [-0.4, -0.2) is 36.1 Å². The van der Waals surface area contributed by atoms with Crippen LogP contribution in [0.5, 0.6) is 0 Å². The molecule has 31 heavy (non-hydrogen) atoms. The van der Waals surface area contributed by atoms with Gasteiger partial charge in [-0.1, -0.05) is 42.5 Å². The van der Waals surface area contributed by atoms with Crippen molar-refractivity contribution in [2.45, 2.75) is 44.6 Å². The summed E-state index contributed by atoms with van der Waals surface area (Å²) in [7, 11) is 0. The van der Waals surface area contributed by atoms with Crippen molar-refractivity contribution in [2.24, 2.45) is 17.6 Å². The van der Waals surface area contributed by atoms with Gasteiger partial charge in [0.1, 0.15) is 0 Å². The number of anilines is 1. The lowest BCUT2D eigenvalue weighted by molar-refractivity contribution is -0.136. The highest BCUT2D eigenvalue weighted by Gasteiger charge is 2.24. The van der Waals surface area contributed by atoms with Gasteiger partial charge in [0, 0.05) is 5.69 Å². The van der Waals surface area contributed by atoms with Crippen LogP contribution in [-0.2, 0) is 22.4 Å². The lowest BCUT2D eigenvalue weighted by Crippen LogP contribution is -2.44. The zero-order valence-electron chi connectivity index (χ0n) is 17.9. The minimum absolute atomic E-state index is 0.0290. The summed E-state index contributed by atoms with van der Waals surface area (Å²) < 4.78 is 0. The van der Waals surface area contributed by atoms with E-state index in [1.807, 2.05) is 30.3 Å². The zero-order valence-corrected chi connectivity index (χ0v) is 17.9. The van der Waals surface area contributed by atoms with Gasteiger partial charge < -0.3 is 21.5 Å². The first-order valence-corrected chi connectivity index (χ1v) is 11.1. The Morgan fingerprint density at radius 3 is 2.19 bits per heavy atom. The second-order valence-electron chi connectivity index (χ2n) is 8.53. The Hall–Kier alpha value is -2.70. The van der Waals surface area contributed by atoms with Crippen LogP contribution in [0.15, 0.2) is 54.6 Å². The second-order valence-corrected chi connectivity index (χ2v) is 8.53. The number of carbonyl (C=O) groups is 2. The quantitative estimate of drug-likeness (QED) is 0.470.